The van der Waals surface area contributed by atoms with Gasteiger partial charge in [-0.15, -0.1) is 11.3 Å². The van der Waals surface area contributed by atoms with E-state index in [0.717, 1.165) is 45.4 Å². The van der Waals surface area contributed by atoms with Gasteiger partial charge in [0, 0.05) is 47.7 Å². The normalized spacial score (nSPS) is 16.1. The second-order valence-electron chi connectivity index (χ2n) is 8.75. The number of piperidine rings is 1. The molecule has 2 aromatic heterocycles. The second-order valence-corrected chi connectivity index (χ2v) is 9.81. The molecule has 0 spiro atoms. The number of hydrogen-bond donors (Lipinski definition) is 1. The third kappa shape index (κ3) is 3.87. The van der Waals surface area contributed by atoms with E-state index in [0.29, 0.717) is 23.5 Å². The van der Waals surface area contributed by atoms with Gasteiger partial charge in [0.2, 0.25) is 0 Å². The van der Waals surface area contributed by atoms with Crippen LogP contribution in [0.2, 0.25) is 0 Å². The van der Waals surface area contributed by atoms with Crippen molar-refractivity contribution in [2.45, 2.75) is 25.8 Å². The first-order valence-electron chi connectivity index (χ1n) is 11.2. The van der Waals surface area contributed by atoms with Crippen molar-refractivity contribution in [2.24, 2.45) is 12.8 Å². The molecule has 1 aliphatic rings. The highest BCUT2D eigenvalue weighted by atomic mass is 32.1. The zero-order valence-corrected chi connectivity index (χ0v) is 19.8. The van der Waals surface area contributed by atoms with Gasteiger partial charge < -0.3 is 10.6 Å². The lowest BCUT2D eigenvalue weighted by Gasteiger charge is -2.30. The number of aromatic nitrogens is 2. The van der Waals surface area contributed by atoms with Crippen LogP contribution in [0, 0.1) is 24.1 Å². The fraction of sp³-hybridized carbons (Fsp3) is 0.269. The Labute approximate surface area is 201 Å². The number of carbonyl (C=O) groups is 1. The van der Waals surface area contributed by atoms with E-state index in [9.17, 15) is 9.18 Å². The zero-order valence-electron chi connectivity index (χ0n) is 19.0. The number of rotatable bonds is 3. The summed E-state index contributed by atoms with van der Waals surface area (Å²) in [7, 11) is 1.91. The predicted octanol–water partition coefficient (Wildman–Crippen LogP) is 4.85. The van der Waals surface area contributed by atoms with Gasteiger partial charge >= 0.3 is 0 Å². The highest BCUT2D eigenvalue weighted by Gasteiger charge is 2.26. The molecule has 3 heterocycles. The van der Waals surface area contributed by atoms with Gasteiger partial charge in [0.05, 0.1) is 16.0 Å². The van der Waals surface area contributed by atoms with Crippen LogP contribution in [0.15, 0.2) is 42.5 Å². The lowest BCUT2D eigenvalue weighted by molar-refractivity contribution is 0.0714. The highest BCUT2D eigenvalue weighted by molar-refractivity contribution is 7.18. The van der Waals surface area contributed by atoms with E-state index >= 15 is 0 Å². The molecule has 2 aromatic carbocycles. The minimum absolute atomic E-state index is 0.00784. The van der Waals surface area contributed by atoms with E-state index < -0.39 is 5.82 Å². The van der Waals surface area contributed by atoms with Crippen LogP contribution in [0.1, 0.15) is 33.8 Å². The van der Waals surface area contributed by atoms with Gasteiger partial charge in [-0.1, -0.05) is 12.1 Å². The number of thiophene rings is 1. The number of hydrogen-bond acceptors (Lipinski definition) is 5. The van der Waals surface area contributed by atoms with Gasteiger partial charge in [0.1, 0.15) is 11.9 Å². The average Bonchev–Trinajstić information content (AvgIpc) is 3.40. The van der Waals surface area contributed by atoms with E-state index in [4.69, 9.17) is 11.0 Å². The predicted molar refractivity (Wildman–Crippen MR) is 132 cm³/mol. The van der Waals surface area contributed by atoms with Crippen LogP contribution in [0.3, 0.4) is 0 Å². The fourth-order valence-corrected chi connectivity index (χ4v) is 5.66. The summed E-state index contributed by atoms with van der Waals surface area (Å²) in [4.78, 5) is 16.6. The Morgan fingerprint density at radius 1 is 1.24 bits per heavy atom. The number of nitrogens with two attached hydrogens (primary N) is 1. The van der Waals surface area contributed by atoms with Crippen LogP contribution in [0.5, 0.6) is 0 Å². The maximum absolute atomic E-state index is 14.5. The number of nitriles is 1. The summed E-state index contributed by atoms with van der Waals surface area (Å²) in [5.41, 5.74) is 10.4. The van der Waals surface area contributed by atoms with E-state index in [1.54, 1.807) is 11.0 Å². The molecule has 1 atom stereocenters. The molecule has 1 unspecified atom stereocenters. The minimum atomic E-state index is -0.578. The first-order valence-corrected chi connectivity index (χ1v) is 12.0. The van der Waals surface area contributed by atoms with Crippen molar-refractivity contribution in [3.8, 4) is 27.6 Å². The van der Waals surface area contributed by atoms with Gasteiger partial charge in [-0.2, -0.15) is 10.4 Å². The molecule has 1 fully saturated rings. The Balaban J connectivity index is 1.65. The van der Waals surface area contributed by atoms with Gasteiger partial charge in [-0.25, -0.2) is 4.39 Å². The molecule has 1 amide bonds. The average molecular weight is 474 g/mol. The van der Waals surface area contributed by atoms with Crippen LogP contribution >= 0.6 is 11.3 Å². The SMILES string of the molecule is Cc1c2cc(-c3sc(C(=O)N4CCCC(N)C4)cc3-c3ccc(C#N)c(F)c3)ccc2nn1C. The number of fused-ring (bicyclic) bond motifs is 1. The van der Waals surface area contributed by atoms with E-state index in [1.165, 1.54) is 23.5 Å². The Morgan fingerprint density at radius 3 is 2.76 bits per heavy atom. The number of carbonyl (C=O) groups excluding carboxylic acids is 1. The highest BCUT2D eigenvalue weighted by Crippen LogP contribution is 2.41. The number of halogens is 1. The molecule has 4 aromatic rings. The van der Waals surface area contributed by atoms with Crippen LogP contribution in [-0.2, 0) is 7.05 Å². The molecule has 34 heavy (non-hydrogen) atoms. The summed E-state index contributed by atoms with van der Waals surface area (Å²) < 4.78 is 16.4. The molecular formula is C26H24FN5OS. The second kappa shape index (κ2) is 8.67. The van der Waals surface area contributed by atoms with Crippen LogP contribution < -0.4 is 5.73 Å². The van der Waals surface area contributed by atoms with E-state index in [2.05, 4.69) is 11.2 Å². The maximum Gasteiger partial charge on any atom is 0.264 e. The van der Waals surface area contributed by atoms with E-state index in [-0.39, 0.29) is 17.5 Å². The summed E-state index contributed by atoms with van der Waals surface area (Å²) in [5.74, 6) is -0.633. The molecule has 0 radical (unpaired) electrons. The Bertz CT molecular complexity index is 1460. The first-order chi connectivity index (χ1) is 16.4. The topological polar surface area (TPSA) is 87.9 Å². The van der Waals surface area contributed by atoms with Crippen LogP contribution in [-0.4, -0.2) is 39.7 Å². The fourth-order valence-electron chi connectivity index (χ4n) is 4.51. The minimum Gasteiger partial charge on any atom is -0.336 e. The lowest BCUT2D eigenvalue weighted by Crippen LogP contribution is -2.45. The Morgan fingerprint density at radius 2 is 2.03 bits per heavy atom. The Hall–Kier alpha value is -3.54. The summed E-state index contributed by atoms with van der Waals surface area (Å²) in [6.07, 6.45) is 1.80. The van der Waals surface area contributed by atoms with Crippen molar-refractivity contribution < 1.29 is 9.18 Å². The number of benzene rings is 2. The largest absolute Gasteiger partial charge is 0.336 e. The maximum atomic E-state index is 14.5. The molecule has 0 bridgehead atoms. The molecule has 1 saturated heterocycles. The number of aryl methyl sites for hydroxylation is 2. The van der Waals surface area contributed by atoms with Crippen molar-refractivity contribution in [3.63, 3.8) is 0 Å². The smallest absolute Gasteiger partial charge is 0.264 e. The van der Waals surface area contributed by atoms with Crippen molar-refractivity contribution in [2.75, 3.05) is 13.1 Å². The molecule has 0 aliphatic carbocycles. The summed E-state index contributed by atoms with van der Waals surface area (Å²) in [6.45, 7) is 3.23. The molecule has 2 N–H and O–H groups in total. The molecule has 6 nitrogen and oxygen atoms in total. The lowest BCUT2D eigenvalue weighted by atomic mass is 9.99. The van der Waals surface area contributed by atoms with Gasteiger partial charge in [0.15, 0.2) is 0 Å². The van der Waals surface area contributed by atoms with Crippen LogP contribution in [0.25, 0.3) is 32.5 Å². The first kappa shape index (κ1) is 22.3. The summed E-state index contributed by atoms with van der Waals surface area (Å²) >= 11 is 1.40. The molecule has 0 saturated carbocycles. The van der Waals surface area contributed by atoms with Gasteiger partial charge in [-0.05, 0) is 61.2 Å². The summed E-state index contributed by atoms with van der Waals surface area (Å²) in [5, 5.41) is 14.7. The van der Waals surface area contributed by atoms with Crippen molar-refractivity contribution >= 4 is 28.1 Å². The van der Waals surface area contributed by atoms with Gasteiger partial charge in [-0.3, -0.25) is 9.48 Å². The van der Waals surface area contributed by atoms with E-state index in [1.807, 2.05) is 42.9 Å². The third-order valence-corrected chi connectivity index (χ3v) is 7.65. The molecule has 8 heteroatoms. The number of amides is 1. The van der Waals surface area contributed by atoms with Gasteiger partial charge in [0.25, 0.3) is 5.91 Å². The number of likely N-dealkylation sites (tertiary alicyclic amines) is 1. The number of nitrogens with zero attached hydrogens (tertiary/aromatic N) is 4. The van der Waals surface area contributed by atoms with Crippen molar-refractivity contribution in [1.29, 1.82) is 5.26 Å². The Kier molecular flexibility index (Phi) is 5.68. The molecule has 5 rings (SSSR count). The molecule has 1 aliphatic heterocycles. The van der Waals surface area contributed by atoms with Crippen LogP contribution in [0.4, 0.5) is 4.39 Å². The quantitative estimate of drug-likeness (QED) is 0.461. The molecule has 172 valence electrons. The summed E-state index contributed by atoms with van der Waals surface area (Å²) in [6, 6.07) is 14.3. The third-order valence-electron chi connectivity index (χ3n) is 6.48. The van der Waals surface area contributed by atoms with Crippen molar-refractivity contribution in [3.05, 3.63) is 64.4 Å². The van der Waals surface area contributed by atoms with Crippen molar-refractivity contribution in [1.82, 2.24) is 14.7 Å². The standard InChI is InChI=1S/C26H24FN5OS/c1-15-20-10-17(7-8-23(20)30-31(15)2)25-21(16-5-6-18(13-28)22(27)11-16)12-24(34-25)26(33)32-9-3-4-19(29)14-32/h5-8,10-12,19H,3-4,9,14,29H2,1-2H3. The molecular weight excluding hydrogens is 449 g/mol. The monoisotopic (exact) mass is 473 g/mol. The zero-order chi connectivity index (χ0) is 24.0.